The van der Waals surface area contributed by atoms with Crippen LogP contribution in [0.1, 0.15) is 36.6 Å². The van der Waals surface area contributed by atoms with E-state index in [9.17, 15) is 4.79 Å². The standard InChI is InChI=1S/C26H30N4O/c1-3-24(31)29-15-10-16-30(18-17-29)26-23(19-21-11-6-4-7-12-21)20(2)27-25(28-26)22-13-8-5-9-14-22/h4-9,11-14H,3,10,15-19H2,1-2H3. The van der Waals surface area contributed by atoms with Gasteiger partial charge in [0.25, 0.3) is 0 Å². The second kappa shape index (κ2) is 9.73. The number of carbonyl (C=O) groups excluding carboxylic acids is 1. The van der Waals surface area contributed by atoms with Gasteiger partial charge in [-0.3, -0.25) is 4.79 Å². The largest absolute Gasteiger partial charge is 0.354 e. The molecule has 4 rings (SSSR count). The summed E-state index contributed by atoms with van der Waals surface area (Å²) >= 11 is 0. The number of hydrogen-bond donors (Lipinski definition) is 0. The summed E-state index contributed by atoms with van der Waals surface area (Å²) in [6.45, 7) is 7.25. The summed E-state index contributed by atoms with van der Waals surface area (Å²) in [6.07, 6.45) is 2.30. The van der Waals surface area contributed by atoms with E-state index in [1.165, 1.54) is 11.1 Å². The molecule has 0 saturated carbocycles. The Morgan fingerprint density at radius 2 is 1.61 bits per heavy atom. The van der Waals surface area contributed by atoms with E-state index in [0.29, 0.717) is 6.42 Å². The molecule has 0 bridgehead atoms. The zero-order valence-corrected chi connectivity index (χ0v) is 18.4. The molecule has 5 nitrogen and oxygen atoms in total. The van der Waals surface area contributed by atoms with Crippen LogP contribution in [0.5, 0.6) is 0 Å². The molecule has 1 fully saturated rings. The number of carbonyl (C=O) groups is 1. The number of rotatable bonds is 5. The summed E-state index contributed by atoms with van der Waals surface area (Å²) in [5.41, 5.74) is 4.45. The molecule has 5 heteroatoms. The van der Waals surface area contributed by atoms with Crippen molar-refractivity contribution < 1.29 is 4.79 Å². The Morgan fingerprint density at radius 1 is 0.903 bits per heavy atom. The van der Waals surface area contributed by atoms with E-state index in [2.05, 4.69) is 48.2 Å². The number of aryl methyl sites for hydroxylation is 1. The van der Waals surface area contributed by atoms with Crippen molar-refractivity contribution >= 4 is 11.7 Å². The summed E-state index contributed by atoms with van der Waals surface area (Å²) in [4.78, 5) is 26.5. The molecule has 160 valence electrons. The van der Waals surface area contributed by atoms with Gasteiger partial charge in [0.05, 0.1) is 0 Å². The topological polar surface area (TPSA) is 49.3 Å². The molecular formula is C26H30N4O. The molecule has 1 amide bonds. The van der Waals surface area contributed by atoms with Gasteiger partial charge < -0.3 is 9.80 Å². The monoisotopic (exact) mass is 414 g/mol. The third kappa shape index (κ3) is 4.93. The van der Waals surface area contributed by atoms with Gasteiger partial charge in [-0.1, -0.05) is 67.6 Å². The lowest BCUT2D eigenvalue weighted by Gasteiger charge is -2.26. The maximum atomic E-state index is 12.2. The number of amides is 1. The first-order chi connectivity index (χ1) is 15.2. The van der Waals surface area contributed by atoms with Crippen LogP contribution in [0.15, 0.2) is 60.7 Å². The van der Waals surface area contributed by atoms with Crippen LogP contribution in [-0.2, 0) is 11.2 Å². The molecule has 31 heavy (non-hydrogen) atoms. The average Bonchev–Trinajstić information content (AvgIpc) is 3.07. The zero-order valence-electron chi connectivity index (χ0n) is 18.4. The number of hydrogen-bond acceptors (Lipinski definition) is 4. The fourth-order valence-electron chi connectivity index (χ4n) is 4.17. The first kappa shape index (κ1) is 21.0. The Hall–Kier alpha value is -3.21. The van der Waals surface area contributed by atoms with E-state index in [4.69, 9.17) is 9.97 Å². The molecule has 0 radical (unpaired) electrons. The summed E-state index contributed by atoms with van der Waals surface area (Å²) in [7, 11) is 0. The van der Waals surface area contributed by atoms with Gasteiger partial charge in [-0.05, 0) is 18.9 Å². The number of nitrogens with zero attached hydrogens (tertiary/aromatic N) is 4. The fourth-order valence-corrected chi connectivity index (χ4v) is 4.17. The second-order valence-electron chi connectivity index (χ2n) is 8.04. The average molecular weight is 415 g/mol. The van der Waals surface area contributed by atoms with Crippen molar-refractivity contribution in [1.29, 1.82) is 0 Å². The quantitative estimate of drug-likeness (QED) is 0.617. The van der Waals surface area contributed by atoms with Crippen LogP contribution >= 0.6 is 0 Å². The minimum atomic E-state index is 0.232. The minimum absolute atomic E-state index is 0.232. The molecular weight excluding hydrogens is 384 g/mol. The summed E-state index contributed by atoms with van der Waals surface area (Å²) in [6, 6.07) is 20.6. The summed E-state index contributed by atoms with van der Waals surface area (Å²) in [5, 5.41) is 0. The van der Waals surface area contributed by atoms with Crippen LogP contribution in [-0.4, -0.2) is 47.0 Å². The Labute approximate surface area is 184 Å². The van der Waals surface area contributed by atoms with Crippen molar-refractivity contribution in [3.8, 4) is 11.4 Å². The van der Waals surface area contributed by atoms with Crippen LogP contribution in [0.4, 0.5) is 5.82 Å². The minimum Gasteiger partial charge on any atom is -0.354 e. The molecule has 0 N–H and O–H groups in total. The van der Waals surface area contributed by atoms with Gasteiger partial charge in [-0.15, -0.1) is 0 Å². The Bertz CT molecular complexity index is 1020. The van der Waals surface area contributed by atoms with E-state index >= 15 is 0 Å². The molecule has 1 aromatic heterocycles. The Morgan fingerprint density at radius 3 is 2.32 bits per heavy atom. The predicted octanol–water partition coefficient (Wildman–Crippen LogP) is 4.49. The van der Waals surface area contributed by atoms with Crippen molar-refractivity contribution in [2.75, 3.05) is 31.1 Å². The van der Waals surface area contributed by atoms with E-state index in [1.807, 2.05) is 36.1 Å². The molecule has 1 saturated heterocycles. The maximum absolute atomic E-state index is 12.2. The van der Waals surface area contributed by atoms with Gasteiger partial charge >= 0.3 is 0 Å². The van der Waals surface area contributed by atoms with Gasteiger partial charge in [-0.25, -0.2) is 9.97 Å². The highest BCUT2D eigenvalue weighted by molar-refractivity contribution is 5.76. The first-order valence-electron chi connectivity index (χ1n) is 11.1. The third-order valence-electron chi connectivity index (χ3n) is 5.90. The molecule has 2 aromatic carbocycles. The predicted molar refractivity (Wildman–Crippen MR) is 125 cm³/mol. The number of aromatic nitrogens is 2. The number of benzene rings is 2. The van der Waals surface area contributed by atoms with Gasteiger partial charge in [0.15, 0.2) is 5.82 Å². The smallest absolute Gasteiger partial charge is 0.222 e. The lowest BCUT2D eigenvalue weighted by Crippen LogP contribution is -2.35. The first-order valence-corrected chi connectivity index (χ1v) is 11.1. The highest BCUT2D eigenvalue weighted by Gasteiger charge is 2.23. The van der Waals surface area contributed by atoms with Crippen molar-refractivity contribution in [3.05, 3.63) is 77.5 Å². The van der Waals surface area contributed by atoms with E-state index in [-0.39, 0.29) is 5.91 Å². The normalized spacial score (nSPS) is 14.4. The molecule has 2 heterocycles. The van der Waals surface area contributed by atoms with Gasteiger partial charge in [-0.2, -0.15) is 0 Å². The maximum Gasteiger partial charge on any atom is 0.222 e. The second-order valence-corrected chi connectivity index (χ2v) is 8.04. The van der Waals surface area contributed by atoms with E-state index < -0.39 is 0 Å². The van der Waals surface area contributed by atoms with Crippen molar-refractivity contribution in [2.45, 2.75) is 33.1 Å². The molecule has 1 aliphatic heterocycles. The molecule has 0 spiro atoms. The van der Waals surface area contributed by atoms with Gasteiger partial charge in [0.1, 0.15) is 5.82 Å². The fraction of sp³-hybridized carbons (Fsp3) is 0.346. The molecule has 0 atom stereocenters. The molecule has 1 aliphatic rings. The lowest BCUT2D eigenvalue weighted by atomic mass is 10.0. The van der Waals surface area contributed by atoms with Crippen molar-refractivity contribution in [3.63, 3.8) is 0 Å². The van der Waals surface area contributed by atoms with E-state index in [0.717, 1.165) is 61.9 Å². The van der Waals surface area contributed by atoms with Crippen LogP contribution in [0.2, 0.25) is 0 Å². The van der Waals surface area contributed by atoms with Gasteiger partial charge in [0.2, 0.25) is 5.91 Å². The van der Waals surface area contributed by atoms with Gasteiger partial charge in [0, 0.05) is 55.8 Å². The van der Waals surface area contributed by atoms with Crippen molar-refractivity contribution in [2.24, 2.45) is 0 Å². The summed E-state index contributed by atoms with van der Waals surface area (Å²) in [5.74, 6) is 1.99. The van der Waals surface area contributed by atoms with Crippen LogP contribution in [0.3, 0.4) is 0 Å². The zero-order chi connectivity index (χ0) is 21.6. The molecule has 0 aliphatic carbocycles. The molecule has 3 aromatic rings. The SMILES string of the molecule is CCC(=O)N1CCCN(c2nc(-c3ccccc3)nc(C)c2Cc2ccccc2)CC1. The number of anilines is 1. The third-order valence-corrected chi connectivity index (χ3v) is 5.90. The van der Waals surface area contributed by atoms with Crippen LogP contribution in [0, 0.1) is 6.92 Å². The molecule has 0 unspecified atom stereocenters. The highest BCUT2D eigenvalue weighted by atomic mass is 16.2. The lowest BCUT2D eigenvalue weighted by molar-refractivity contribution is -0.130. The van der Waals surface area contributed by atoms with Crippen molar-refractivity contribution in [1.82, 2.24) is 14.9 Å². The summed E-state index contributed by atoms with van der Waals surface area (Å²) < 4.78 is 0. The Kier molecular flexibility index (Phi) is 6.60. The van der Waals surface area contributed by atoms with E-state index in [1.54, 1.807) is 0 Å². The van der Waals surface area contributed by atoms with Crippen LogP contribution in [0.25, 0.3) is 11.4 Å². The highest BCUT2D eigenvalue weighted by Crippen LogP contribution is 2.28. The Balaban J connectivity index is 1.72. The van der Waals surface area contributed by atoms with Crippen LogP contribution < -0.4 is 4.90 Å².